The fourth-order valence-electron chi connectivity index (χ4n) is 13.3. The van der Waals surface area contributed by atoms with Crippen LogP contribution in [0.2, 0.25) is 0 Å². The first-order valence-electron chi connectivity index (χ1n) is 27.6. The number of nitrogens with zero attached hydrogens (tertiary/aromatic N) is 5. The van der Waals surface area contributed by atoms with Gasteiger partial charge in [0.2, 0.25) is 17.5 Å². The number of hydrogen-bond acceptors (Lipinski definition) is 10. The minimum Gasteiger partial charge on any atom is -0.744 e. The molecular formula is C61H63F3N8O7S. The Labute approximate surface area is 463 Å². The summed E-state index contributed by atoms with van der Waals surface area (Å²) in [5, 5.41) is 9.01. The number of aromatic nitrogens is 1. The molecule has 8 heterocycles. The third-order valence-corrected chi connectivity index (χ3v) is 18.0. The second-order valence-electron chi connectivity index (χ2n) is 23.1. The average Bonchev–Trinajstić information content (AvgIpc) is 4.06. The molecule has 15 nitrogen and oxygen atoms in total. The monoisotopic (exact) mass is 1110 g/mol. The number of nitrogens with one attached hydrogen (secondary N) is 3. The van der Waals surface area contributed by atoms with Gasteiger partial charge in [0.25, 0.3) is 0 Å². The number of urea groups is 1. The van der Waals surface area contributed by atoms with Gasteiger partial charge in [0.15, 0.2) is 18.1 Å². The Kier molecular flexibility index (Phi) is 13.3. The van der Waals surface area contributed by atoms with E-state index in [9.17, 15) is 40.5 Å². The van der Waals surface area contributed by atoms with E-state index in [4.69, 9.17) is 9.72 Å². The van der Waals surface area contributed by atoms with E-state index in [1.165, 1.54) is 17.8 Å². The zero-order chi connectivity index (χ0) is 56.0. The molecule has 0 radical (unpaired) electrons. The maximum absolute atomic E-state index is 13.9. The number of alkyl halides is 3. The van der Waals surface area contributed by atoms with E-state index in [1.54, 1.807) is 41.3 Å². The molecule has 1 fully saturated rings. The van der Waals surface area contributed by atoms with Crippen LogP contribution in [0.1, 0.15) is 100 Å². The topological polar surface area (TPSA) is 179 Å². The predicted octanol–water partition coefficient (Wildman–Crippen LogP) is 9.77. The summed E-state index contributed by atoms with van der Waals surface area (Å²) in [6.07, 6.45) is 2.73. The number of rotatable bonds is 13. The van der Waals surface area contributed by atoms with Crippen molar-refractivity contribution in [3.05, 3.63) is 148 Å². The van der Waals surface area contributed by atoms with Gasteiger partial charge in [-0.1, -0.05) is 56.7 Å². The van der Waals surface area contributed by atoms with Crippen LogP contribution in [0, 0.1) is 0 Å². The molecule has 7 aliphatic rings. The quantitative estimate of drug-likeness (QED) is 0.0584. The fraction of sp³-hybridized carbons (Fsp3) is 0.393. The Morgan fingerprint density at radius 3 is 2.39 bits per heavy atom. The Morgan fingerprint density at radius 1 is 0.812 bits per heavy atom. The standard InChI is InChI=1S/C61H63F3N8O7S/c1-59(2)45-29-37(14-19-48(45)70-27-23-51-43(55(59)70)33-44-52(79-51)24-28-71-49-20-17-42(80(76,77)78)32-46(49)60(3,4)56(44)71)30-54(74)65-25-7-5-6-11-53(73)66-34-36-12-15-40(16-13-36)67-58(75)72-41-22-26-69(35-41)50-21-18-47(68-57(50)72)38-9-8-10-39(31-38)61(62,63)64/h8-10,12-21,29,31-33,41,51-52H,5-7,11,22-28,30,34-35H2,1-4H3,(H3-,65,66,67,73,74,75,76,77,78)/t41-,51?,52?/m0/s1. The first-order chi connectivity index (χ1) is 38.1. The molecule has 5 aromatic rings. The third-order valence-electron chi connectivity index (χ3n) is 17.2. The van der Waals surface area contributed by atoms with Gasteiger partial charge in [0.1, 0.15) is 10.1 Å². The van der Waals surface area contributed by atoms with Gasteiger partial charge in [-0.15, -0.1) is 0 Å². The molecule has 2 unspecified atom stereocenters. The highest BCUT2D eigenvalue weighted by Gasteiger charge is 2.55. The molecular weight excluding hydrogens is 1050 g/mol. The van der Waals surface area contributed by atoms with Gasteiger partial charge in [-0.3, -0.25) is 14.5 Å². The van der Waals surface area contributed by atoms with E-state index in [0.29, 0.717) is 55.2 Å². The van der Waals surface area contributed by atoms with Gasteiger partial charge in [-0.25, -0.2) is 18.2 Å². The zero-order valence-electron chi connectivity index (χ0n) is 45.1. The minimum absolute atomic E-state index is 0.0654. The molecule has 2 bridgehead atoms. The predicted molar refractivity (Wildman–Crippen MR) is 297 cm³/mol. The van der Waals surface area contributed by atoms with Gasteiger partial charge < -0.3 is 35.0 Å². The highest BCUT2D eigenvalue weighted by Crippen LogP contribution is 2.54. The third kappa shape index (κ3) is 9.63. The van der Waals surface area contributed by atoms with Crippen LogP contribution in [0.25, 0.3) is 11.3 Å². The smallest absolute Gasteiger partial charge is 0.416 e. The maximum Gasteiger partial charge on any atom is 0.416 e. The number of carbonyl (C=O) groups is 3. The molecule has 0 spiro atoms. The van der Waals surface area contributed by atoms with E-state index in [1.807, 2.05) is 24.3 Å². The van der Waals surface area contributed by atoms with Crippen molar-refractivity contribution in [3.8, 4) is 11.3 Å². The molecule has 0 aliphatic carbocycles. The normalized spacial score (nSPS) is 20.9. The highest BCUT2D eigenvalue weighted by atomic mass is 32.2. The Hall–Kier alpha value is -7.35. The molecule has 4 amide bonds. The lowest BCUT2D eigenvalue weighted by atomic mass is 9.74. The van der Waals surface area contributed by atoms with Gasteiger partial charge in [-0.05, 0) is 117 Å². The minimum atomic E-state index is -4.62. The molecule has 19 heteroatoms. The number of hydrogen-bond donors (Lipinski definition) is 3. The highest BCUT2D eigenvalue weighted by molar-refractivity contribution is 7.85. The van der Waals surface area contributed by atoms with Crippen LogP contribution < -0.4 is 30.7 Å². The van der Waals surface area contributed by atoms with Crippen LogP contribution in [0.5, 0.6) is 0 Å². The lowest BCUT2D eigenvalue weighted by Crippen LogP contribution is -2.48. The maximum atomic E-state index is 13.9. The Bertz CT molecular complexity index is 3610. The number of ether oxygens (including phenoxy) is 1. The molecule has 80 heavy (non-hydrogen) atoms. The number of benzene rings is 4. The van der Waals surface area contributed by atoms with Crippen LogP contribution in [0.3, 0.4) is 0 Å². The Morgan fingerprint density at radius 2 is 1.60 bits per heavy atom. The number of halogens is 3. The van der Waals surface area contributed by atoms with E-state index >= 15 is 0 Å². The van der Waals surface area contributed by atoms with Crippen LogP contribution >= 0.6 is 0 Å². The van der Waals surface area contributed by atoms with Crippen LogP contribution in [0.15, 0.2) is 125 Å². The number of amides is 4. The van der Waals surface area contributed by atoms with Crippen molar-refractivity contribution in [2.45, 2.75) is 126 Å². The SMILES string of the molecule is CC1(C)C2=C3C=C4C5=[N+](CCC4OC3CCN2c2ccc(CC(=O)NCCCCCC(=O)NCc3ccc(NC(=O)N4c6nc(-c7cccc(C(F)(F)F)c7)ccc6N6CC[C@H]4C6)cc3)cc21)c1ccc(S(=O)(=O)[O-])cc1C5(C)C. The first kappa shape index (κ1) is 53.3. The van der Waals surface area contributed by atoms with Crippen molar-refractivity contribution < 1.29 is 49.8 Å². The van der Waals surface area contributed by atoms with Crippen LogP contribution in [-0.2, 0) is 54.4 Å². The summed E-state index contributed by atoms with van der Waals surface area (Å²) in [7, 11) is -4.62. The molecule has 416 valence electrons. The number of carbonyl (C=O) groups excluding carboxylic acids is 3. The van der Waals surface area contributed by atoms with Crippen LogP contribution in [-0.4, -0.2) is 97.1 Å². The molecule has 12 rings (SSSR count). The van der Waals surface area contributed by atoms with Crippen molar-refractivity contribution in [2.24, 2.45) is 0 Å². The lowest BCUT2D eigenvalue weighted by molar-refractivity contribution is -0.445. The molecule has 7 aliphatic heterocycles. The molecule has 3 atom stereocenters. The van der Waals surface area contributed by atoms with Gasteiger partial charge >= 0.3 is 12.2 Å². The van der Waals surface area contributed by atoms with Crippen LogP contribution in [0.4, 0.5) is 46.5 Å². The molecule has 0 saturated carbocycles. The second-order valence-corrected chi connectivity index (χ2v) is 24.5. The number of allylic oxidation sites excluding steroid dienone is 1. The summed E-state index contributed by atoms with van der Waals surface area (Å²) in [6.45, 7) is 12.3. The van der Waals surface area contributed by atoms with E-state index in [-0.39, 0.29) is 52.8 Å². The first-order valence-corrected chi connectivity index (χ1v) is 29.0. The summed E-state index contributed by atoms with van der Waals surface area (Å²) in [4.78, 5) is 50.6. The van der Waals surface area contributed by atoms with Crippen molar-refractivity contribution in [1.29, 1.82) is 0 Å². The molecule has 1 aromatic heterocycles. The summed E-state index contributed by atoms with van der Waals surface area (Å²) < 4.78 is 85.9. The summed E-state index contributed by atoms with van der Waals surface area (Å²) >= 11 is 0. The van der Waals surface area contributed by atoms with Crippen molar-refractivity contribution in [2.75, 3.05) is 52.7 Å². The van der Waals surface area contributed by atoms with Crippen molar-refractivity contribution in [1.82, 2.24) is 15.6 Å². The van der Waals surface area contributed by atoms with Gasteiger partial charge in [0, 0.05) is 96.4 Å². The molecule has 1 saturated heterocycles. The van der Waals surface area contributed by atoms with Gasteiger partial charge in [-0.2, -0.15) is 17.7 Å². The number of unbranched alkanes of at least 4 members (excludes halogenated alkanes) is 2. The fourth-order valence-corrected chi connectivity index (χ4v) is 13.8. The summed E-state index contributed by atoms with van der Waals surface area (Å²) in [5.41, 5.74) is 10.5. The summed E-state index contributed by atoms with van der Waals surface area (Å²) in [6, 6.07) is 26.2. The molecule has 4 aromatic carbocycles. The van der Waals surface area contributed by atoms with Crippen molar-refractivity contribution >= 4 is 62.2 Å². The summed E-state index contributed by atoms with van der Waals surface area (Å²) in [5.74, 6) is 0.249. The van der Waals surface area contributed by atoms with E-state index in [2.05, 4.69) is 76.2 Å². The number of pyridine rings is 1. The molecule has 3 N–H and O–H groups in total. The Balaban J connectivity index is 0.607. The average molecular weight is 1110 g/mol. The second kappa shape index (κ2) is 20.0. The number of anilines is 4. The van der Waals surface area contributed by atoms with Crippen molar-refractivity contribution in [3.63, 3.8) is 0 Å². The van der Waals surface area contributed by atoms with Gasteiger partial charge in [0.05, 0.1) is 51.9 Å². The number of fused-ring (bicyclic) bond motifs is 12. The van der Waals surface area contributed by atoms with E-state index < -0.39 is 27.3 Å². The largest absolute Gasteiger partial charge is 0.744 e. The lowest BCUT2D eigenvalue weighted by Gasteiger charge is -2.42. The van der Waals surface area contributed by atoms with E-state index in [0.717, 1.165) is 120 Å². The zero-order valence-corrected chi connectivity index (χ0v) is 45.9.